The highest BCUT2D eigenvalue weighted by molar-refractivity contribution is 4.87. The Kier molecular flexibility index (Phi) is 5.42. The van der Waals surface area contributed by atoms with Crippen LogP contribution in [0.25, 0.3) is 0 Å². The summed E-state index contributed by atoms with van der Waals surface area (Å²) in [5, 5.41) is 3.64. The summed E-state index contributed by atoms with van der Waals surface area (Å²) in [5.74, 6) is 0. The maximum atomic E-state index is 3.64. The lowest BCUT2D eigenvalue weighted by Crippen LogP contribution is -2.47. The Labute approximate surface area is 108 Å². The quantitative estimate of drug-likeness (QED) is 0.792. The molecule has 1 saturated heterocycles. The number of nitrogens with one attached hydrogen (secondary N) is 1. The molecule has 1 heterocycles. The Morgan fingerprint density at radius 2 is 2.00 bits per heavy atom. The van der Waals surface area contributed by atoms with Gasteiger partial charge < -0.3 is 10.2 Å². The highest BCUT2D eigenvalue weighted by Crippen LogP contribution is 2.17. The Morgan fingerprint density at radius 3 is 2.41 bits per heavy atom. The van der Waals surface area contributed by atoms with Gasteiger partial charge in [-0.05, 0) is 47.7 Å². The predicted octanol–water partition coefficient (Wildman–Crippen LogP) is 1.79. The molecule has 102 valence electrons. The molecule has 0 aliphatic carbocycles. The summed E-state index contributed by atoms with van der Waals surface area (Å²) in [6, 6.07) is 1.44. The predicted molar refractivity (Wildman–Crippen MR) is 75.5 cm³/mol. The molecule has 1 N–H and O–H groups in total. The topological polar surface area (TPSA) is 18.5 Å². The number of hydrogen-bond acceptors (Lipinski definition) is 3. The lowest BCUT2D eigenvalue weighted by Gasteiger charge is -2.31. The van der Waals surface area contributed by atoms with Crippen LogP contribution in [0.4, 0.5) is 0 Å². The van der Waals surface area contributed by atoms with Gasteiger partial charge in [0, 0.05) is 37.3 Å². The normalized spacial score (nSPS) is 24.5. The van der Waals surface area contributed by atoms with E-state index in [1.807, 2.05) is 0 Å². The van der Waals surface area contributed by atoms with Crippen LogP contribution < -0.4 is 5.32 Å². The van der Waals surface area contributed by atoms with Crippen LogP contribution in [-0.2, 0) is 0 Å². The minimum Gasteiger partial charge on any atom is -0.311 e. The number of likely N-dealkylation sites (N-methyl/N-ethyl adjacent to an activating group) is 1. The molecule has 0 amide bonds. The average Bonchev–Trinajstić information content (AvgIpc) is 2.66. The van der Waals surface area contributed by atoms with Crippen molar-refractivity contribution in [2.75, 3.05) is 33.7 Å². The van der Waals surface area contributed by atoms with Crippen LogP contribution in [0.1, 0.15) is 40.5 Å². The molecule has 2 atom stereocenters. The van der Waals surface area contributed by atoms with Crippen molar-refractivity contribution < 1.29 is 0 Å². The molecule has 1 fully saturated rings. The molecule has 3 nitrogen and oxygen atoms in total. The fraction of sp³-hybridized carbons (Fsp3) is 1.00. The summed E-state index contributed by atoms with van der Waals surface area (Å²) in [6.45, 7) is 12.6. The Bertz CT molecular complexity index is 220. The van der Waals surface area contributed by atoms with E-state index in [9.17, 15) is 0 Å². The second kappa shape index (κ2) is 6.17. The number of likely N-dealkylation sites (tertiary alicyclic amines) is 1. The zero-order valence-corrected chi connectivity index (χ0v) is 12.6. The van der Waals surface area contributed by atoms with Crippen LogP contribution in [0.5, 0.6) is 0 Å². The third-order valence-electron chi connectivity index (χ3n) is 3.78. The lowest BCUT2D eigenvalue weighted by molar-refractivity contribution is 0.196. The van der Waals surface area contributed by atoms with Crippen LogP contribution in [0.15, 0.2) is 0 Å². The SMILES string of the molecule is CCC(CNC(C)(C)C)N1CCC(N(C)C)C1. The molecule has 0 saturated carbocycles. The Morgan fingerprint density at radius 1 is 1.35 bits per heavy atom. The molecular formula is C14H31N3. The van der Waals surface area contributed by atoms with Crippen LogP contribution >= 0.6 is 0 Å². The van der Waals surface area contributed by atoms with Crippen LogP contribution in [-0.4, -0.2) is 61.2 Å². The van der Waals surface area contributed by atoms with Crippen LogP contribution in [0.3, 0.4) is 0 Å². The molecule has 0 aromatic carbocycles. The van der Waals surface area contributed by atoms with Gasteiger partial charge in [-0.1, -0.05) is 6.92 Å². The van der Waals surface area contributed by atoms with E-state index in [4.69, 9.17) is 0 Å². The summed E-state index contributed by atoms with van der Waals surface area (Å²) >= 11 is 0. The monoisotopic (exact) mass is 241 g/mol. The number of hydrogen-bond donors (Lipinski definition) is 1. The minimum absolute atomic E-state index is 0.230. The molecule has 0 radical (unpaired) electrons. The van der Waals surface area contributed by atoms with Crippen LogP contribution in [0, 0.1) is 0 Å². The van der Waals surface area contributed by atoms with Gasteiger partial charge >= 0.3 is 0 Å². The molecule has 0 aromatic rings. The summed E-state index contributed by atoms with van der Waals surface area (Å²) in [5.41, 5.74) is 0.230. The second-order valence-corrected chi connectivity index (χ2v) is 6.59. The van der Waals surface area contributed by atoms with Crippen LogP contribution in [0.2, 0.25) is 0 Å². The molecule has 3 heteroatoms. The van der Waals surface area contributed by atoms with Crippen molar-refractivity contribution in [3.63, 3.8) is 0 Å². The third kappa shape index (κ3) is 4.94. The minimum atomic E-state index is 0.230. The maximum Gasteiger partial charge on any atom is 0.0229 e. The lowest BCUT2D eigenvalue weighted by atomic mass is 10.1. The first-order valence-electron chi connectivity index (χ1n) is 6.99. The zero-order chi connectivity index (χ0) is 13.1. The molecule has 17 heavy (non-hydrogen) atoms. The summed E-state index contributed by atoms with van der Waals surface area (Å²) < 4.78 is 0. The van der Waals surface area contributed by atoms with E-state index in [2.05, 4.69) is 56.9 Å². The van der Waals surface area contributed by atoms with Crippen molar-refractivity contribution >= 4 is 0 Å². The van der Waals surface area contributed by atoms with Gasteiger partial charge in [0.25, 0.3) is 0 Å². The first kappa shape index (κ1) is 14.9. The number of rotatable bonds is 5. The van der Waals surface area contributed by atoms with E-state index in [1.165, 1.54) is 25.9 Å². The third-order valence-corrected chi connectivity index (χ3v) is 3.78. The van der Waals surface area contributed by atoms with Crippen molar-refractivity contribution in [1.29, 1.82) is 0 Å². The van der Waals surface area contributed by atoms with Crippen molar-refractivity contribution in [3.8, 4) is 0 Å². The molecule has 2 unspecified atom stereocenters. The molecule has 0 bridgehead atoms. The average molecular weight is 241 g/mol. The van der Waals surface area contributed by atoms with Crippen molar-refractivity contribution in [2.45, 2.75) is 58.2 Å². The van der Waals surface area contributed by atoms with Gasteiger partial charge in [-0.25, -0.2) is 0 Å². The Hall–Kier alpha value is -0.120. The van der Waals surface area contributed by atoms with Gasteiger partial charge in [0.05, 0.1) is 0 Å². The van der Waals surface area contributed by atoms with Gasteiger partial charge in [0.1, 0.15) is 0 Å². The first-order chi connectivity index (χ1) is 7.83. The van der Waals surface area contributed by atoms with Gasteiger partial charge in [-0.3, -0.25) is 4.90 Å². The zero-order valence-electron chi connectivity index (χ0n) is 12.6. The largest absolute Gasteiger partial charge is 0.311 e. The fourth-order valence-corrected chi connectivity index (χ4v) is 2.48. The van der Waals surface area contributed by atoms with E-state index < -0.39 is 0 Å². The molecule has 0 spiro atoms. The molecule has 1 aliphatic heterocycles. The first-order valence-corrected chi connectivity index (χ1v) is 6.99. The fourth-order valence-electron chi connectivity index (χ4n) is 2.48. The van der Waals surface area contributed by atoms with E-state index in [1.54, 1.807) is 0 Å². The Balaban J connectivity index is 2.41. The molecular weight excluding hydrogens is 210 g/mol. The highest BCUT2D eigenvalue weighted by atomic mass is 15.3. The van der Waals surface area contributed by atoms with Crippen molar-refractivity contribution in [1.82, 2.24) is 15.1 Å². The van der Waals surface area contributed by atoms with E-state index in [0.29, 0.717) is 6.04 Å². The van der Waals surface area contributed by atoms with Gasteiger partial charge in [-0.2, -0.15) is 0 Å². The second-order valence-electron chi connectivity index (χ2n) is 6.59. The van der Waals surface area contributed by atoms with E-state index in [0.717, 1.165) is 12.6 Å². The standard InChI is InChI=1S/C14H31N3/c1-7-12(10-15-14(2,3)4)17-9-8-13(11-17)16(5)6/h12-13,15H,7-11H2,1-6H3. The molecule has 1 aliphatic rings. The highest BCUT2D eigenvalue weighted by Gasteiger charge is 2.28. The number of nitrogens with zero attached hydrogens (tertiary/aromatic N) is 2. The van der Waals surface area contributed by atoms with Crippen molar-refractivity contribution in [2.24, 2.45) is 0 Å². The van der Waals surface area contributed by atoms with Gasteiger partial charge in [0.15, 0.2) is 0 Å². The van der Waals surface area contributed by atoms with Crippen molar-refractivity contribution in [3.05, 3.63) is 0 Å². The van der Waals surface area contributed by atoms with Gasteiger partial charge in [-0.15, -0.1) is 0 Å². The molecule has 1 rings (SSSR count). The van der Waals surface area contributed by atoms with Gasteiger partial charge in [0.2, 0.25) is 0 Å². The smallest absolute Gasteiger partial charge is 0.0229 e. The van der Waals surface area contributed by atoms with E-state index >= 15 is 0 Å². The molecule has 0 aromatic heterocycles. The summed E-state index contributed by atoms with van der Waals surface area (Å²) in [7, 11) is 4.39. The van der Waals surface area contributed by atoms with E-state index in [-0.39, 0.29) is 5.54 Å². The summed E-state index contributed by atoms with van der Waals surface area (Å²) in [6.07, 6.45) is 2.56. The summed E-state index contributed by atoms with van der Waals surface area (Å²) in [4.78, 5) is 5.02. The maximum absolute atomic E-state index is 3.64.